The van der Waals surface area contributed by atoms with Crippen molar-refractivity contribution in [3.05, 3.63) is 133 Å². The number of carbonyl (C=O) groups is 1. The topological polar surface area (TPSA) is 50.1 Å². The van der Waals surface area contributed by atoms with Crippen molar-refractivity contribution in [1.29, 1.82) is 5.26 Å². The van der Waals surface area contributed by atoms with Crippen molar-refractivity contribution in [3.8, 4) is 17.2 Å². The van der Waals surface area contributed by atoms with E-state index in [1.54, 1.807) is 0 Å². The van der Waals surface area contributed by atoms with Gasteiger partial charge in [0.25, 0.3) is 0 Å². The number of allylic oxidation sites excluding steroid dienone is 3. The first-order valence-electron chi connectivity index (χ1n) is 16.4. The maximum absolute atomic E-state index is 14.2. The molecule has 0 N–H and O–H groups in total. The number of carbonyl (C=O) groups excluding carboxylic acids is 1. The molecule has 0 bridgehead atoms. The summed E-state index contributed by atoms with van der Waals surface area (Å²) in [7, 11) is 0. The molecule has 2 fully saturated rings. The van der Waals surface area contributed by atoms with Crippen molar-refractivity contribution < 1.29 is 9.53 Å². The van der Waals surface area contributed by atoms with Gasteiger partial charge in [-0.15, -0.1) is 6.58 Å². The number of ether oxygens (including phenoxy) is 1. The summed E-state index contributed by atoms with van der Waals surface area (Å²) in [5, 5.41) is 9.21. The highest BCUT2D eigenvalue weighted by Gasteiger charge is 2.46. The van der Waals surface area contributed by atoms with Gasteiger partial charge in [-0.1, -0.05) is 97.1 Å². The Bertz CT molecular complexity index is 1510. The van der Waals surface area contributed by atoms with Crippen LogP contribution in [0.5, 0.6) is 0 Å². The van der Waals surface area contributed by atoms with Gasteiger partial charge in [0.15, 0.2) is 0 Å². The Hall–Kier alpha value is -4.16. The van der Waals surface area contributed by atoms with E-state index < -0.39 is 5.41 Å². The summed E-state index contributed by atoms with van der Waals surface area (Å²) in [6, 6.07) is 29.2. The van der Waals surface area contributed by atoms with Crippen LogP contribution in [0, 0.1) is 28.6 Å². The van der Waals surface area contributed by atoms with Crippen molar-refractivity contribution in [2.75, 3.05) is 0 Å². The van der Waals surface area contributed by atoms with Crippen LogP contribution in [-0.4, -0.2) is 12.1 Å². The molecule has 3 aliphatic carbocycles. The number of hydrogen-bond acceptors (Lipinski definition) is 3. The largest absolute Gasteiger partial charge is 0.461 e. The first kappa shape index (κ1) is 29.9. The third-order valence-electron chi connectivity index (χ3n) is 10.4. The van der Waals surface area contributed by atoms with E-state index in [4.69, 9.17) is 4.74 Å². The third kappa shape index (κ3) is 6.36. The Morgan fingerprint density at radius 3 is 2.16 bits per heavy atom. The molecule has 6 rings (SSSR count). The van der Waals surface area contributed by atoms with Crippen molar-refractivity contribution in [2.45, 2.75) is 75.7 Å². The summed E-state index contributed by atoms with van der Waals surface area (Å²) < 4.78 is 6.44. The highest BCUT2D eigenvalue weighted by atomic mass is 16.5. The minimum atomic E-state index is -0.691. The van der Waals surface area contributed by atoms with Crippen LogP contribution in [0.2, 0.25) is 0 Å². The fraction of sp³-hybridized carbons (Fsp3) is 0.366. The molecule has 3 aliphatic rings. The van der Waals surface area contributed by atoms with E-state index in [1.165, 1.54) is 16.7 Å². The molecule has 0 aliphatic heterocycles. The molecule has 3 aromatic carbocycles. The quantitative estimate of drug-likeness (QED) is 0.196. The predicted octanol–water partition coefficient (Wildman–Crippen LogP) is 10.1. The Kier molecular flexibility index (Phi) is 9.27. The molecule has 0 atom stereocenters. The minimum absolute atomic E-state index is 0.0524. The van der Waals surface area contributed by atoms with Gasteiger partial charge in [-0.25, -0.2) is 0 Å². The molecule has 0 radical (unpaired) electrons. The lowest BCUT2D eigenvalue weighted by Gasteiger charge is -2.41. The van der Waals surface area contributed by atoms with E-state index in [0.717, 1.165) is 63.4 Å². The molecule has 0 saturated heterocycles. The van der Waals surface area contributed by atoms with Crippen molar-refractivity contribution in [3.63, 3.8) is 0 Å². The van der Waals surface area contributed by atoms with Gasteiger partial charge >= 0.3 is 5.97 Å². The lowest BCUT2D eigenvalue weighted by Crippen LogP contribution is -2.42. The van der Waals surface area contributed by atoms with Gasteiger partial charge in [-0.2, -0.15) is 5.26 Å². The minimum Gasteiger partial charge on any atom is -0.461 e. The summed E-state index contributed by atoms with van der Waals surface area (Å²) in [6.45, 7) is 3.95. The zero-order valence-corrected chi connectivity index (χ0v) is 25.6. The highest BCUT2D eigenvalue weighted by molar-refractivity contribution is 5.83. The fourth-order valence-corrected chi connectivity index (χ4v) is 7.81. The molecule has 3 heteroatoms. The Morgan fingerprint density at radius 2 is 1.50 bits per heavy atom. The molecule has 44 heavy (non-hydrogen) atoms. The normalized spacial score (nSPS) is 28.1. The highest BCUT2D eigenvalue weighted by Crippen LogP contribution is 2.48. The number of hydrogen-bond donors (Lipinski definition) is 0. The Labute approximate surface area is 263 Å². The summed E-state index contributed by atoms with van der Waals surface area (Å²) in [5.41, 5.74) is 4.95. The molecule has 0 heterocycles. The van der Waals surface area contributed by atoms with Crippen LogP contribution in [0.1, 0.15) is 86.3 Å². The van der Waals surface area contributed by atoms with E-state index in [2.05, 4.69) is 85.5 Å². The molecule has 0 aromatic heterocycles. The molecular formula is C41H43NO2. The second-order valence-electron chi connectivity index (χ2n) is 13.0. The van der Waals surface area contributed by atoms with Crippen LogP contribution in [-0.2, 0) is 9.53 Å². The summed E-state index contributed by atoms with van der Waals surface area (Å²) in [6.07, 6.45) is 20.0. The lowest BCUT2D eigenvalue weighted by atomic mass is 9.64. The average Bonchev–Trinajstić information content (AvgIpc) is 3.09. The van der Waals surface area contributed by atoms with Gasteiger partial charge < -0.3 is 4.74 Å². The van der Waals surface area contributed by atoms with Crippen molar-refractivity contribution >= 4 is 5.97 Å². The van der Waals surface area contributed by atoms with Gasteiger partial charge in [0.05, 0.1) is 11.6 Å². The zero-order chi connectivity index (χ0) is 30.4. The predicted molar refractivity (Wildman–Crippen MR) is 178 cm³/mol. The number of nitrogens with zero attached hydrogens (tertiary/aromatic N) is 1. The molecule has 0 amide bonds. The number of nitriles is 1. The van der Waals surface area contributed by atoms with Gasteiger partial charge in [0, 0.05) is 5.92 Å². The van der Waals surface area contributed by atoms with Crippen LogP contribution in [0.3, 0.4) is 0 Å². The molecule has 0 spiro atoms. The van der Waals surface area contributed by atoms with Gasteiger partial charge in [-0.05, 0) is 110 Å². The monoisotopic (exact) mass is 581 g/mol. The van der Waals surface area contributed by atoms with Gasteiger partial charge in [0.2, 0.25) is 0 Å². The number of rotatable bonds is 8. The number of benzene rings is 3. The summed E-state index contributed by atoms with van der Waals surface area (Å²) in [4.78, 5) is 14.2. The van der Waals surface area contributed by atoms with Crippen LogP contribution in [0.4, 0.5) is 0 Å². The van der Waals surface area contributed by atoms with E-state index in [0.29, 0.717) is 17.4 Å². The maximum atomic E-state index is 14.2. The van der Waals surface area contributed by atoms with E-state index >= 15 is 0 Å². The average molecular weight is 582 g/mol. The maximum Gasteiger partial charge on any atom is 0.320 e. The molecular weight excluding hydrogens is 538 g/mol. The molecule has 224 valence electrons. The summed E-state index contributed by atoms with van der Waals surface area (Å²) >= 11 is 0. The Balaban J connectivity index is 1.15. The van der Waals surface area contributed by atoms with Crippen molar-refractivity contribution in [1.82, 2.24) is 0 Å². The Morgan fingerprint density at radius 1 is 0.841 bits per heavy atom. The van der Waals surface area contributed by atoms with E-state index in [-0.39, 0.29) is 23.9 Å². The first-order chi connectivity index (χ1) is 21.6. The van der Waals surface area contributed by atoms with Crippen LogP contribution in [0.15, 0.2) is 116 Å². The lowest BCUT2D eigenvalue weighted by molar-refractivity contribution is -0.161. The molecule has 3 aromatic rings. The third-order valence-corrected chi connectivity index (χ3v) is 10.4. The van der Waals surface area contributed by atoms with Gasteiger partial charge in [0.1, 0.15) is 11.5 Å². The van der Waals surface area contributed by atoms with E-state index in [1.807, 2.05) is 36.4 Å². The van der Waals surface area contributed by atoms with E-state index in [9.17, 15) is 10.1 Å². The number of esters is 1. The molecule has 2 saturated carbocycles. The molecule has 0 unspecified atom stereocenters. The first-order valence-corrected chi connectivity index (χ1v) is 16.4. The second kappa shape index (κ2) is 13.6. The standard InChI is InChI=1S/C41H43NO2/c1-2-8-30-15-21-36(22-16-30)41(27-25-33(26-28-41)32-9-4-3-5-10-32)40(43)44-37-23-19-35(20-24-37)39-12-7-6-11-38(39)34-17-13-31(29-42)14-18-34/h2-7,9-14,17-18,25-28,30,33,35-37H,1,8,15-16,19-24H2. The SMILES string of the molecule is C=CCC1CCC(C2(C(=O)OC3CCC(c4ccccc4-c4ccc(C#N)cc4)CC3)C=CC(c3ccccc3)C=C2)CC1. The smallest absolute Gasteiger partial charge is 0.320 e. The van der Waals surface area contributed by atoms with Crippen LogP contribution < -0.4 is 0 Å². The summed E-state index contributed by atoms with van der Waals surface area (Å²) in [5.74, 6) is 1.47. The second-order valence-corrected chi connectivity index (χ2v) is 13.0. The fourth-order valence-electron chi connectivity index (χ4n) is 7.81. The zero-order valence-electron chi connectivity index (χ0n) is 25.6. The van der Waals surface area contributed by atoms with Gasteiger partial charge in [-0.3, -0.25) is 4.79 Å². The van der Waals surface area contributed by atoms with Crippen LogP contribution in [0.25, 0.3) is 11.1 Å². The molecule has 3 nitrogen and oxygen atoms in total. The van der Waals surface area contributed by atoms with Crippen molar-refractivity contribution in [2.24, 2.45) is 17.3 Å². The van der Waals surface area contributed by atoms with Crippen LogP contribution >= 0.6 is 0 Å².